The first-order valence-corrected chi connectivity index (χ1v) is 6.63. The Kier molecular flexibility index (Phi) is 3.39. The van der Waals surface area contributed by atoms with Gasteiger partial charge < -0.3 is 4.74 Å². The second-order valence-corrected chi connectivity index (χ2v) is 4.63. The van der Waals surface area contributed by atoms with Gasteiger partial charge in [-0.25, -0.2) is 4.98 Å². The topological polar surface area (TPSA) is 74.8 Å². The summed E-state index contributed by atoms with van der Waals surface area (Å²) in [6.45, 7) is 3.08. The largest absolute Gasteiger partial charge is 0.497 e. The number of rotatable bonds is 4. The van der Waals surface area contributed by atoms with Crippen LogP contribution in [0.2, 0.25) is 0 Å². The summed E-state index contributed by atoms with van der Waals surface area (Å²) in [6, 6.07) is 5.22. The van der Waals surface area contributed by atoms with E-state index in [4.69, 9.17) is 4.74 Å². The quantitative estimate of drug-likeness (QED) is 0.716. The molecule has 0 aliphatic heterocycles. The number of benzene rings is 1. The first-order valence-electron chi connectivity index (χ1n) is 6.63. The molecule has 0 N–H and O–H groups in total. The Morgan fingerprint density at radius 2 is 2.19 bits per heavy atom. The Morgan fingerprint density at radius 3 is 2.90 bits per heavy atom. The fourth-order valence-corrected chi connectivity index (χ4v) is 2.12. The van der Waals surface area contributed by atoms with Crippen molar-refractivity contribution < 1.29 is 4.74 Å². The minimum atomic E-state index is -0.103. The maximum Gasteiger partial charge on any atom is 0.261 e. The van der Waals surface area contributed by atoms with Crippen LogP contribution in [-0.4, -0.2) is 31.7 Å². The molecule has 0 atom stereocenters. The van der Waals surface area contributed by atoms with Crippen molar-refractivity contribution in [1.29, 1.82) is 0 Å². The van der Waals surface area contributed by atoms with Crippen LogP contribution in [0.4, 0.5) is 0 Å². The molecule has 0 amide bonds. The molecule has 0 spiro atoms. The second-order valence-electron chi connectivity index (χ2n) is 4.63. The highest BCUT2D eigenvalue weighted by atomic mass is 16.5. The fourth-order valence-electron chi connectivity index (χ4n) is 2.12. The van der Waals surface area contributed by atoms with E-state index < -0.39 is 0 Å². The molecule has 0 bridgehead atoms. The summed E-state index contributed by atoms with van der Waals surface area (Å²) in [6.07, 6.45) is 3.35. The van der Waals surface area contributed by atoms with E-state index in [1.807, 2.05) is 13.1 Å². The predicted molar refractivity (Wildman–Crippen MR) is 77.4 cm³/mol. The van der Waals surface area contributed by atoms with Gasteiger partial charge in [-0.2, -0.15) is 0 Å². The summed E-state index contributed by atoms with van der Waals surface area (Å²) in [5.74, 6) is 0.679. The average molecular weight is 285 g/mol. The molecule has 7 heteroatoms. The van der Waals surface area contributed by atoms with Gasteiger partial charge in [0.25, 0.3) is 5.56 Å². The van der Waals surface area contributed by atoms with Crippen LogP contribution in [0.5, 0.6) is 5.75 Å². The molecule has 0 aliphatic carbocycles. The van der Waals surface area contributed by atoms with Crippen molar-refractivity contribution in [2.24, 2.45) is 0 Å². The number of hydrogen-bond acceptors (Lipinski definition) is 5. The van der Waals surface area contributed by atoms with Crippen molar-refractivity contribution >= 4 is 10.9 Å². The number of aryl methyl sites for hydroxylation is 1. The molecule has 2 aromatic heterocycles. The van der Waals surface area contributed by atoms with Gasteiger partial charge in [-0.05, 0) is 19.1 Å². The third-order valence-electron chi connectivity index (χ3n) is 3.27. The molecule has 0 fully saturated rings. The van der Waals surface area contributed by atoms with E-state index in [-0.39, 0.29) is 5.56 Å². The number of hydrogen-bond donors (Lipinski definition) is 0. The van der Waals surface area contributed by atoms with Gasteiger partial charge in [-0.15, -0.1) is 5.10 Å². The Bertz CT molecular complexity index is 837. The molecule has 0 saturated heterocycles. The van der Waals surface area contributed by atoms with Gasteiger partial charge in [-0.3, -0.25) is 14.0 Å². The Hall–Kier alpha value is -2.70. The molecule has 3 aromatic rings. The summed E-state index contributed by atoms with van der Waals surface area (Å²) in [7, 11) is 1.58. The van der Waals surface area contributed by atoms with Crippen molar-refractivity contribution in [2.45, 2.75) is 20.0 Å². The molecule has 0 saturated carbocycles. The summed E-state index contributed by atoms with van der Waals surface area (Å²) in [5, 5.41) is 8.55. The number of ether oxygens (including phenoxy) is 1. The fraction of sp³-hybridized carbons (Fsp3) is 0.286. The molecular weight excluding hydrogens is 270 g/mol. The summed E-state index contributed by atoms with van der Waals surface area (Å²) in [4.78, 5) is 16.7. The monoisotopic (exact) mass is 285 g/mol. The van der Waals surface area contributed by atoms with Gasteiger partial charge >= 0.3 is 0 Å². The minimum Gasteiger partial charge on any atom is -0.497 e. The van der Waals surface area contributed by atoms with Crippen LogP contribution >= 0.6 is 0 Å². The lowest BCUT2D eigenvalue weighted by Gasteiger charge is -2.05. The molecule has 2 heterocycles. The van der Waals surface area contributed by atoms with E-state index in [1.165, 1.54) is 10.9 Å². The SMILES string of the molecule is CCn1cc(Cn2cnc3cc(OC)ccc3c2=O)nn1. The van der Waals surface area contributed by atoms with Crippen molar-refractivity contribution in [3.05, 3.63) is 46.8 Å². The molecule has 3 rings (SSSR count). The van der Waals surface area contributed by atoms with Crippen LogP contribution in [0.3, 0.4) is 0 Å². The van der Waals surface area contributed by atoms with Crippen LogP contribution in [0.1, 0.15) is 12.6 Å². The zero-order chi connectivity index (χ0) is 14.8. The van der Waals surface area contributed by atoms with E-state index in [9.17, 15) is 4.79 Å². The number of aromatic nitrogens is 5. The van der Waals surface area contributed by atoms with Crippen molar-refractivity contribution in [3.63, 3.8) is 0 Å². The molecule has 0 unspecified atom stereocenters. The average Bonchev–Trinajstić information content (AvgIpc) is 2.97. The minimum absolute atomic E-state index is 0.103. The Balaban J connectivity index is 1.99. The highest BCUT2D eigenvalue weighted by Gasteiger charge is 2.07. The molecule has 7 nitrogen and oxygen atoms in total. The standard InChI is InChI=1S/C14H15N5O2/c1-3-19-8-10(16-17-19)7-18-9-15-13-6-11(21-2)4-5-12(13)14(18)20/h4-6,8-9H,3,7H2,1-2H3. The van der Waals surface area contributed by atoms with E-state index in [2.05, 4.69) is 15.3 Å². The third kappa shape index (κ3) is 2.49. The maximum atomic E-state index is 12.4. The van der Waals surface area contributed by atoms with Crippen LogP contribution in [0, 0.1) is 0 Å². The van der Waals surface area contributed by atoms with Crippen LogP contribution < -0.4 is 10.3 Å². The van der Waals surface area contributed by atoms with Gasteiger partial charge in [0.1, 0.15) is 11.4 Å². The lowest BCUT2D eigenvalue weighted by atomic mass is 10.2. The zero-order valence-corrected chi connectivity index (χ0v) is 11.9. The zero-order valence-electron chi connectivity index (χ0n) is 11.9. The summed E-state index contributed by atoms with van der Waals surface area (Å²) < 4.78 is 8.38. The highest BCUT2D eigenvalue weighted by Crippen LogP contribution is 2.15. The lowest BCUT2D eigenvalue weighted by molar-refractivity contribution is 0.415. The molecule has 21 heavy (non-hydrogen) atoms. The van der Waals surface area contributed by atoms with Crippen LogP contribution in [0.25, 0.3) is 10.9 Å². The summed E-state index contributed by atoms with van der Waals surface area (Å²) >= 11 is 0. The molecule has 0 radical (unpaired) electrons. The van der Waals surface area contributed by atoms with Gasteiger partial charge in [0.15, 0.2) is 0 Å². The normalized spacial score (nSPS) is 11.0. The van der Waals surface area contributed by atoms with E-state index in [1.54, 1.807) is 30.0 Å². The van der Waals surface area contributed by atoms with Crippen molar-refractivity contribution in [3.8, 4) is 5.75 Å². The van der Waals surface area contributed by atoms with Gasteiger partial charge in [-0.1, -0.05) is 5.21 Å². The van der Waals surface area contributed by atoms with E-state index in [0.29, 0.717) is 23.2 Å². The first-order chi connectivity index (χ1) is 10.2. The molecule has 108 valence electrons. The van der Waals surface area contributed by atoms with Crippen molar-refractivity contribution in [1.82, 2.24) is 24.5 Å². The molecule has 0 aliphatic rings. The third-order valence-corrected chi connectivity index (χ3v) is 3.27. The first kappa shape index (κ1) is 13.3. The van der Waals surface area contributed by atoms with E-state index >= 15 is 0 Å². The maximum absolute atomic E-state index is 12.4. The number of nitrogens with zero attached hydrogens (tertiary/aromatic N) is 5. The second kappa shape index (κ2) is 5.35. The number of methoxy groups -OCH3 is 1. The van der Waals surface area contributed by atoms with Crippen LogP contribution in [0.15, 0.2) is 35.5 Å². The highest BCUT2D eigenvalue weighted by molar-refractivity contribution is 5.78. The Labute approximate surface area is 120 Å². The van der Waals surface area contributed by atoms with Crippen LogP contribution in [-0.2, 0) is 13.1 Å². The van der Waals surface area contributed by atoms with Crippen molar-refractivity contribution in [2.75, 3.05) is 7.11 Å². The summed E-state index contributed by atoms with van der Waals surface area (Å²) in [5.41, 5.74) is 1.25. The van der Waals surface area contributed by atoms with Gasteiger partial charge in [0.2, 0.25) is 0 Å². The Morgan fingerprint density at radius 1 is 1.33 bits per heavy atom. The number of fused-ring (bicyclic) bond motifs is 1. The van der Waals surface area contributed by atoms with Gasteiger partial charge in [0.05, 0.1) is 37.1 Å². The lowest BCUT2D eigenvalue weighted by Crippen LogP contribution is -2.21. The van der Waals surface area contributed by atoms with Gasteiger partial charge in [0, 0.05) is 12.6 Å². The molecular formula is C14H15N5O2. The predicted octanol–water partition coefficient (Wildman–Crippen LogP) is 1.06. The van der Waals surface area contributed by atoms with E-state index in [0.717, 1.165) is 12.2 Å². The molecule has 1 aromatic carbocycles. The smallest absolute Gasteiger partial charge is 0.261 e.